The van der Waals surface area contributed by atoms with E-state index in [1.807, 2.05) is 29.2 Å². The quantitative estimate of drug-likeness (QED) is 0.931. The van der Waals surface area contributed by atoms with Gasteiger partial charge in [0.1, 0.15) is 6.10 Å². The summed E-state index contributed by atoms with van der Waals surface area (Å²) in [4.78, 5) is 13.9. The molecule has 2 amide bonds. The molecule has 0 spiro atoms. The van der Waals surface area contributed by atoms with Crippen LogP contribution >= 0.6 is 11.6 Å². The molecule has 2 fully saturated rings. The molecule has 3 rings (SSSR count). The van der Waals surface area contributed by atoms with E-state index in [-0.39, 0.29) is 12.1 Å². The zero-order chi connectivity index (χ0) is 13.9. The van der Waals surface area contributed by atoms with E-state index in [9.17, 15) is 4.79 Å². The van der Waals surface area contributed by atoms with Gasteiger partial charge in [0.15, 0.2) is 0 Å². The molecule has 1 heterocycles. The monoisotopic (exact) mass is 294 g/mol. The average Bonchev–Trinajstić information content (AvgIpc) is 3.29. The number of halogens is 1. The first-order valence-corrected chi connectivity index (χ1v) is 7.50. The smallest absolute Gasteiger partial charge is 0.317 e. The second-order valence-electron chi connectivity index (χ2n) is 5.46. The van der Waals surface area contributed by atoms with Crippen molar-refractivity contribution in [3.05, 3.63) is 34.9 Å². The minimum absolute atomic E-state index is 0.0113. The number of ether oxygens (including phenoxy) is 1. The van der Waals surface area contributed by atoms with Gasteiger partial charge in [-0.25, -0.2) is 4.79 Å². The number of nitrogens with zero attached hydrogens (tertiary/aromatic N) is 1. The molecule has 4 nitrogen and oxygen atoms in total. The highest BCUT2D eigenvalue weighted by atomic mass is 35.5. The van der Waals surface area contributed by atoms with Gasteiger partial charge in [0.05, 0.1) is 13.2 Å². The summed E-state index contributed by atoms with van der Waals surface area (Å²) < 4.78 is 5.76. The first-order valence-electron chi connectivity index (χ1n) is 7.13. The third kappa shape index (κ3) is 3.25. The van der Waals surface area contributed by atoms with E-state index in [4.69, 9.17) is 16.3 Å². The SMILES string of the molecule is O=C(NCC1CC1)N1CCO[C@@H](c2ccccc2Cl)C1. The van der Waals surface area contributed by atoms with E-state index in [1.165, 1.54) is 12.8 Å². The van der Waals surface area contributed by atoms with Gasteiger partial charge in [-0.3, -0.25) is 0 Å². The Morgan fingerprint density at radius 1 is 1.40 bits per heavy atom. The molecule has 1 N–H and O–H groups in total. The molecule has 108 valence electrons. The van der Waals surface area contributed by atoms with Crippen molar-refractivity contribution in [3.63, 3.8) is 0 Å². The number of amides is 2. The summed E-state index contributed by atoms with van der Waals surface area (Å²) in [6, 6.07) is 7.66. The van der Waals surface area contributed by atoms with Crippen LogP contribution < -0.4 is 5.32 Å². The van der Waals surface area contributed by atoms with Crippen molar-refractivity contribution in [3.8, 4) is 0 Å². The fourth-order valence-corrected chi connectivity index (χ4v) is 2.68. The van der Waals surface area contributed by atoms with Gasteiger partial charge in [0.25, 0.3) is 0 Å². The normalized spacial score (nSPS) is 22.6. The minimum Gasteiger partial charge on any atom is -0.370 e. The van der Waals surface area contributed by atoms with Crippen LogP contribution in [0.15, 0.2) is 24.3 Å². The zero-order valence-electron chi connectivity index (χ0n) is 11.3. The molecule has 5 heteroatoms. The van der Waals surface area contributed by atoms with Gasteiger partial charge in [-0.15, -0.1) is 0 Å². The summed E-state index contributed by atoms with van der Waals surface area (Å²) in [6.45, 7) is 2.54. The van der Waals surface area contributed by atoms with Crippen LogP contribution in [-0.4, -0.2) is 37.2 Å². The molecule has 1 saturated heterocycles. The van der Waals surface area contributed by atoms with Crippen LogP contribution in [-0.2, 0) is 4.74 Å². The predicted octanol–water partition coefficient (Wildman–Crippen LogP) is 2.83. The molecule has 0 unspecified atom stereocenters. The number of rotatable bonds is 3. The number of morpholine rings is 1. The number of nitrogens with one attached hydrogen (secondary N) is 1. The first kappa shape index (κ1) is 13.7. The van der Waals surface area contributed by atoms with E-state index in [0.717, 1.165) is 12.1 Å². The van der Waals surface area contributed by atoms with Crippen LogP contribution in [0.2, 0.25) is 5.02 Å². The lowest BCUT2D eigenvalue weighted by Gasteiger charge is -2.33. The summed E-state index contributed by atoms with van der Waals surface area (Å²) in [5.41, 5.74) is 0.953. The van der Waals surface area contributed by atoms with Gasteiger partial charge in [0, 0.05) is 23.7 Å². The summed E-state index contributed by atoms with van der Waals surface area (Å²) >= 11 is 6.20. The average molecular weight is 295 g/mol. The summed E-state index contributed by atoms with van der Waals surface area (Å²) in [7, 11) is 0. The van der Waals surface area contributed by atoms with Crippen LogP contribution in [0, 0.1) is 5.92 Å². The van der Waals surface area contributed by atoms with Gasteiger partial charge >= 0.3 is 6.03 Å². The topological polar surface area (TPSA) is 41.6 Å². The van der Waals surface area contributed by atoms with Gasteiger partial charge in [-0.2, -0.15) is 0 Å². The van der Waals surface area contributed by atoms with Crippen LogP contribution in [0.25, 0.3) is 0 Å². The molecule has 1 aliphatic heterocycles. The number of hydrogen-bond donors (Lipinski definition) is 1. The lowest BCUT2D eigenvalue weighted by atomic mass is 10.1. The summed E-state index contributed by atoms with van der Waals surface area (Å²) in [6.07, 6.45) is 2.35. The Bertz CT molecular complexity index is 491. The maximum Gasteiger partial charge on any atom is 0.317 e. The molecule has 20 heavy (non-hydrogen) atoms. The third-order valence-electron chi connectivity index (χ3n) is 3.84. The van der Waals surface area contributed by atoms with Crippen LogP contribution in [0.1, 0.15) is 24.5 Å². The number of carbonyl (C=O) groups excluding carboxylic acids is 1. The molecular weight excluding hydrogens is 276 g/mol. The Morgan fingerprint density at radius 3 is 2.95 bits per heavy atom. The van der Waals surface area contributed by atoms with Crippen molar-refractivity contribution in [2.24, 2.45) is 5.92 Å². The summed E-state index contributed by atoms with van der Waals surface area (Å²) in [5, 5.41) is 3.69. The fraction of sp³-hybridized carbons (Fsp3) is 0.533. The molecular formula is C15H19ClN2O2. The van der Waals surface area contributed by atoms with Gasteiger partial charge < -0.3 is 15.0 Å². The summed E-state index contributed by atoms with van der Waals surface area (Å²) in [5.74, 6) is 0.694. The molecule has 2 aliphatic rings. The second-order valence-corrected chi connectivity index (χ2v) is 5.86. The van der Waals surface area contributed by atoms with Crippen molar-refractivity contribution in [1.29, 1.82) is 0 Å². The molecule has 1 atom stereocenters. The second kappa shape index (κ2) is 6.02. The number of benzene rings is 1. The number of urea groups is 1. The van der Waals surface area contributed by atoms with E-state index in [2.05, 4.69) is 5.32 Å². The predicted molar refractivity (Wildman–Crippen MR) is 77.8 cm³/mol. The van der Waals surface area contributed by atoms with Crippen molar-refractivity contribution in [1.82, 2.24) is 10.2 Å². The Hall–Kier alpha value is -1.26. The standard InChI is InChI=1S/C15H19ClN2O2/c16-13-4-2-1-3-12(13)14-10-18(7-8-20-14)15(19)17-9-11-5-6-11/h1-4,11,14H,5-10H2,(H,17,19)/t14-/m1/s1. The minimum atomic E-state index is -0.135. The van der Waals surface area contributed by atoms with Crippen molar-refractivity contribution >= 4 is 17.6 Å². The van der Waals surface area contributed by atoms with E-state index < -0.39 is 0 Å². The Balaban J connectivity index is 1.60. The lowest BCUT2D eigenvalue weighted by molar-refractivity contribution is -0.0153. The highest BCUT2D eigenvalue weighted by Crippen LogP contribution is 2.29. The lowest BCUT2D eigenvalue weighted by Crippen LogP contribution is -2.47. The first-order chi connectivity index (χ1) is 9.74. The molecule has 0 radical (unpaired) electrons. The molecule has 1 saturated carbocycles. The van der Waals surface area contributed by atoms with Crippen LogP contribution in [0.3, 0.4) is 0 Å². The maximum absolute atomic E-state index is 12.1. The molecule has 1 aliphatic carbocycles. The Morgan fingerprint density at radius 2 is 2.20 bits per heavy atom. The van der Waals surface area contributed by atoms with Crippen molar-refractivity contribution in [2.45, 2.75) is 18.9 Å². The Kier molecular flexibility index (Phi) is 4.13. The van der Waals surface area contributed by atoms with Gasteiger partial charge in [0.2, 0.25) is 0 Å². The highest BCUT2D eigenvalue weighted by Gasteiger charge is 2.28. The number of hydrogen-bond acceptors (Lipinski definition) is 2. The molecule has 1 aromatic rings. The van der Waals surface area contributed by atoms with Crippen molar-refractivity contribution in [2.75, 3.05) is 26.2 Å². The van der Waals surface area contributed by atoms with Gasteiger partial charge in [-0.05, 0) is 24.8 Å². The molecule has 0 aromatic heterocycles. The highest BCUT2D eigenvalue weighted by molar-refractivity contribution is 6.31. The molecule has 0 bridgehead atoms. The van der Waals surface area contributed by atoms with Crippen LogP contribution in [0.4, 0.5) is 4.79 Å². The molecule has 1 aromatic carbocycles. The van der Waals surface area contributed by atoms with Gasteiger partial charge in [-0.1, -0.05) is 29.8 Å². The van der Waals surface area contributed by atoms with E-state index in [0.29, 0.717) is 30.6 Å². The van der Waals surface area contributed by atoms with Crippen LogP contribution in [0.5, 0.6) is 0 Å². The third-order valence-corrected chi connectivity index (χ3v) is 4.19. The largest absolute Gasteiger partial charge is 0.370 e. The van der Waals surface area contributed by atoms with Crippen molar-refractivity contribution < 1.29 is 9.53 Å². The van der Waals surface area contributed by atoms with E-state index in [1.54, 1.807) is 0 Å². The maximum atomic E-state index is 12.1. The zero-order valence-corrected chi connectivity index (χ0v) is 12.1. The van der Waals surface area contributed by atoms with E-state index >= 15 is 0 Å². The fourth-order valence-electron chi connectivity index (χ4n) is 2.42. The number of carbonyl (C=O) groups is 1. The Labute approximate surface area is 124 Å².